The van der Waals surface area contributed by atoms with Gasteiger partial charge in [-0.15, -0.1) is 6.58 Å². The Kier molecular flexibility index (Phi) is 5.47. The van der Waals surface area contributed by atoms with Gasteiger partial charge in [0.15, 0.2) is 0 Å². The van der Waals surface area contributed by atoms with Gasteiger partial charge in [-0.05, 0) is 42.4 Å². The van der Waals surface area contributed by atoms with Crippen molar-refractivity contribution in [3.63, 3.8) is 0 Å². The highest BCUT2D eigenvalue weighted by atomic mass is 14.1. The Morgan fingerprint density at radius 1 is 1.18 bits per heavy atom. The van der Waals surface area contributed by atoms with Crippen LogP contribution in [0.15, 0.2) is 30.9 Å². The van der Waals surface area contributed by atoms with E-state index in [0.29, 0.717) is 5.92 Å². The maximum Gasteiger partial charge on any atom is 0.00158 e. The molecule has 93 valence electrons. The van der Waals surface area contributed by atoms with E-state index in [1.54, 1.807) is 0 Å². The predicted octanol–water partition coefficient (Wildman–Crippen LogP) is 5.26. The summed E-state index contributed by atoms with van der Waals surface area (Å²) in [6.07, 6.45) is 5.60. The monoisotopic (exact) mass is 229 g/mol. The van der Waals surface area contributed by atoms with Crippen molar-refractivity contribution < 1.29 is 0 Å². The number of hydrogen-bond donors (Lipinski definition) is 0. The van der Waals surface area contributed by atoms with Crippen LogP contribution in [-0.4, -0.2) is 0 Å². The summed E-state index contributed by atoms with van der Waals surface area (Å²) in [5, 5.41) is 0. The summed E-state index contributed by atoms with van der Waals surface area (Å²) >= 11 is 0. The second-order valence-corrected chi connectivity index (χ2v) is 5.11. The number of benzene rings is 1. The molecule has 1 aromatic rings. The van der Waals surface area contributed by atoms with E-state index in [-0.39, 0.29) is 5.92 Å². The third-order valence-corrected chi connectivity index (χ3v) is 3.24. The lowest BCUT2D eigenvalue weighted by molar-refractivity contribution is 0.786. The molecule has 0 aliphatic carbocycles. The highest BCUT2D eigenvalue weighted by Gasteiger charge is 2.07. The molecule has 0 spiro atoms. The van der Waals surface area contributed by atoms with Crippen LogP contribution >= 0.6 is 0 Å². The first kappa shape index (κ1) is 14.0. The summed E-state index contributed by atoms with van der Waals surface area (Å²) in [7, 11) is 0. The van der Waals surface area contributed by atoms with E-state index >= 15 is 0 Å². The van der Waals surface area contributed by atoms with Crippen molar-refractivity contribution in [1.82, 2.24) is 0 Å². The van der Waals surface area contributed by atoms with Crippen molar-refractivity contribution in [2.45, 2.75) is 51.9 Å². The maximum absolute atomic E-state index is 4.13. The molecule has 0 nitrogen and oxygen atoms in total. The van der Waals surface area contributed by atoms with Crippen LogP contribution in [0.3, 0.4) is 0 Å². The van der Waals surface area contributed by atoms with Gasteiger partial charge in [0.05, 0.1) is 0 Å². The Morgan fingerprint density at radius 2 is 1.82 bits per heavy atom. The molecule has 0 heteroatoms. The van der Waals surface area contributed by atoms with Gasteiger partial charge in [-0.3, -0.25) is 0 Å². The fourth-order valence-electron chi connectivity index (χ4n) is 1.95. The Morgan fingerprint density at radius 3 is 2.35 bits per heavy atom. The van der Waals surface area contributed by atoms with E-state index in [2.05, 4.69) is 52.5 Å². The largest absolute Gasteiger partial charge is 0.102 e. The topological polar surface area (TPSA) is 0 Å². The minimum atomic E-state index is 0.203. The number of allylic oxidation sites excluding steroid dienone is 1. The smallest absolute Gasteiger partial charge is 0.00158 e. The van der Waals surface area contributed by atoms with E-state index in [1.165, 1.54) is 36.0 Å². The number of rotatable bonds is 6. The Bertz CT molecular complexity index is 360. The Balaban J connectivity index is 3.04. The molecule has 1 radical (unpaired) electrons. The predicted molar refractivity (Wildman–Crippen MR) is 77.4 cm³/mol. The van der Waals surface area contributed by atoms with Crippen molar-refractivity contribution in [3.05, 3.63) is 54.5 Å². The highest BCUT2D eigenvalue weighted by Crippen LogP contribution is 2.24. The SMILES string of the molecule is [CH2]C(C=C)c1cc(CCCC)cc(C(C)C)c1. The average Bonchev–Trinajstić information content (AvgIpc) is 2.34. The standard InChI is InChI=1S/C17H25/c1-6-8-9-15-10-16(13(3)4)12-17(11-15)14(5)7-2/h7,10-14H,2,5-6,8-9H2,1,3-4H3. The molecule has 0 N–H and O–H groups in total. The lowest BCUT2D eigenvalue weighted by Gasteiger charge is -2.14. The minimum Gasteiger partial charge on any atom is -0.102 e. The van der Waals surface area contributed by atoms with Crippen LogP contribution in [-0.2, 0) is 6.42 Å². The quantitative estimate of drug-likeness (QED) is 0.584. The van der Waals surface area contributed by atoms with Crippen LogP contribution in [0.25, 0.3) is 0 Å². The van der Waals surface area contributed by atoms with Crippen molar-refractivity contribution >= 4 is 0 Å². The fourth-order valence-corrected chi connectivity index (χ4v) is 1.95. The number of aryl methyl sites for hydroxylation is 1. The lowest BCUT2D eigenvalue weighted by atomic mass is 9.91. The van der Waals surface area contributed by atoms with Crippen molar-refractivity contribution in [2.75, 3.05) is 0 Å². The first-order valence-electron chi connectivity index (χ1n) is 6.67. The maximum atomic E-state index is 4.13. The van der Waals surface area contributed by atoms with Gasteiger partial charge in [-0.2, -0.15) is 0 Å². The minimum absolute atomic E-state index is 0.203. The van der Waals surface area contributed by atoms with Gasteiger partial charge >= 0.3 is 0 Å². The molecule has 17 heavy (non-hydrogen) atoms. The molecule has 0 bridgehead atoms. The summed E-state index contributed by atoms with van der Waals surface area (Å²) in [5.41, 5.74) is 4.17. The molecule has 0 aliphatic rings. The molecule has 0 heterocycles. The molecule has 1 unspecified atom stereocenters. The second-order valence-electron chi connectivity index (χ2n) is 5.11. The van der Waals surface area contributed by atoms with E-state index in [9.17, 15) is 0 Å². The van der Waals surface area contributed by atoms with Gasteiger partial charge in [0.2, 0.25) is 0 Å². The van der Waals surface area contributed by atoms with E-state index in [0.717, 1.165) is 0 Å². The first-order valence-corrected chi connectivity index (χ1v) is 6.67. The molecular weight excluding hydrogens is 204 g/mol. The van der Waals surface area contributed by atoms with Gasteiger partial charge in [-0.1, -0.05) is 51.5 Å². The highest BCUT2D eigenvalue weighted by molar-refractivity contribution is 5.36. The second kappa shape index (κ2) is 6.64. The average molecular weight is 229 g/mol. The molecule has 1 rings (SSSR count). The molecule has 0 amide bonds. The van der Waals surface area contributed by atoms with Crippen LogP contribution in [0.4, 0.5) is 0 Å². The number of hydrogen-bond acceptors (Lipinski definition) is 0. The van der Waals surface area contributed by atoms with Crippen LogP contribution < -0.4 is 0 Å². The van der Waals surface area contributed by atoms with Crippen LogP contribution in [0, 0.1) is 6.92 Å². The summed E-state index contributed by atoms with van der Waals surface area (Å²) in [6, 6.07) is 6.92. The van der Waals surface area contributed by atoms with Crippen LogP contribution in [0.5, 0.6) is 0 Å². The molecular formula is C17H25. The van der Waals surface area contributed by atoms with Gasteiger partial charge in [-0.25, -0.2) is 0 Å². The molecule has 0 aromatic heterocycles. The fraction of sp³-hybridized carbons (Fsp3) is 0.471. The molecule has 0 aliphatic heterocycles. The molecule has 0 saturated heterocycles. The third kappa shape index (κ3) is 4.03. The van der Waals surface area contributed by atoms with Gasteiger partial charge in [0.25, 0.3) is 0 Å². The summed E-state index contributed by atoms with van der Waals surface area (Å²) in [6.45, 7) is 14.7. The zero-order valence-electron chi connectivity index (χ0n) is 11.5. The number of unbranched alkanes of at least 4 members (excludes halogenated alkanes) is 1. The summed E-state index contributed by atoms with van der Waals surface area (Å²) in [5.74, 6) is 0.779. The molecule has 1 aromatic carbocycles. The van der Waals surface area contributed by atoms with Gasteiger partial charge < -0.3 is 0 Å². The summed E-state index contributed by atoms with van der Waals surface area (Å²) < 4.78 is 0. The van der Waals surface area contributed by atoms with Crippen molar-refractivity contribution in [3.8, 4) is 0 Å². The van der Waals surface area contributed by atoms with E-state index < -0.39 is 0 Å². The Hall–Kier alpha value is -1.04. The lowest BCUT2D eigenvalue weighted by Crippen LogP contribution is -1.98. The van der Waals surface area contributed by atoms with E-state index in [1.807, 2.05) is 6.08 Å². The Labute approximate surface area is 107 Å². The molecule has 0 fully saturated rings. The van der Waals surface area contributed by atoms with Crippen molar-refractivity contribution in [2.24, 2.45) is 0 Å². The van der Waals surface area contributed by atoms with Crippen molar-refractivity contribution in [1.29, 1.82) is 0 Å². The first-order chi connectivity index (χ1) is 8.08. The van der Waals surface area contributed by atoms with Crippen LogP contribution in [0.2, 0.25) is 0 Å². The zero-order chi connectivity index (χ0) is 12.8. The summed E-state index contributed by atoms with van der Waals surface area (Å²) in [4.78, 5) is 0. The van der Waals surface area contributed by atoms with Gasteiger partial charge in [0.1, 0.15) is 0 Å². The van der Waals surface area contributed by atoms with E-state index in [4.69, 9.17) is 0 Å². The molecule has 1 atom stereocenters. The molecule has 0 saturated carbocycles. The van der Waals surface area contributed by atoms with Crippen LogP contribution in [0.1, 0.15) is 62.1 Å². The van der Waals surface area contributed by atoms with Gasteiger partial charge in [0, 0.05) is 5.92 Å². The normalized spacial score (nSPS) is 12.8. The third-order valence-electron chi connectivity index (χ3n) is 3.24. The zero-order valence-corrected chi connectivity index (χ0v) is 11.5.